The number of hydrogen-bond acceptors (Lipinski definition) is 3. The Morgan fingerprint density at radius 2 is 1.74 bits per heavy atom. The summed E-state index contributed by atoms with van der Waals surface area (Å²) in [6.07, 6.45) is 4.33. The van der Waals surface area contributed by atoms with Crippen LogP contribution in [0.15, 0.2) is 91.5 Å². The molecule has 0 saturated heterocycles. The Balaban J connectivity index is 1.71. The van der Waals surface area contributed by atoms with Crippen molar-refractivity contribution in [3.8, 4) is 17.6 Å². The van der Waals surface area contributed by atoms with E-state index in [1.165, 1.54) is 0 Å². The monoisotopic (exact) mass is 479 g/mol. The average molecular weight is 480 g/mol. The smallest absolute Gasteiger partial charge is 0.165 e. The first-order chi connectivity index (χ1) is 17.1. The van der Waals surface area contributed by atoms with E-state index in [2.05, 4.69) is 24.8 Å². The van der Waals surface area contributed by atoms with Gasteiger partial charge < -0.3 is 9.47 Å². The van der Waals surface area contributed by atoms with Crippen LogP contribution < -0.4 is 9.47 Å². The van der Waals surface area contributed by atoms with Crippen molar-refractivity contribution in [2.75, 3.05) is 6.61 Å². The molecule has 0 heterocycles. The molecule has 0 aromatic heterocycles. The summed E-state index contributed by atoms with van der Waals surface area (Å²) in [4.78, 5) is 0. The first kappa shape index (κ1) is 24.1. The maximum atomic E-state index is 9.94. The van der Waals surface area contributed by atoms with E-state index in [9.17, 15) is 5.26 Å². The minimum Gasteiger partial charge on any atom is -0.490 e. The molecular formula is C31H26ClNO2. The quantitative estimate of drug-likeness (QED) is 0.138. The minimum absolute atomic E-state index is 0.386. The van der Waals surface area contributed by atoms with Crippen LogP contribution in [0, 0.1) is 11.3 Å². The molecule has 3 nitrogen and oxygen atoms in total. The molecule has 0 amide bonds. The molecule has 0 N–H and O–H groups in total. The van der Waals surface area contributed by atoms with Crippen LogP contribution in [0.4, 0.5) is 0 Å². The second-order valence-electron chi connectivity index (χ2n) is 8.08. The van der Waals surface area contributed by atoms with E-state index < -0.39 is 0 Å². The molecule has 4 rings (SSSR count). The summed E-state index contributed by atoms with van der Waals surface area (Å²) < 4.78 is 12.2. The fourth-order valence-electron chi connectivity index (χ4n) is 3.94. The third-order valence-electron chi connectivity index (χ3n) is 5.61. The number of nitrogens with zero attached hydrogens (tertiary/aromatic N) is 1. The summed E-state index contributed by atoms with van der Waals surface area (Å²) in [7, 11) is 0. The SMILES string of the molecule is C=CCc1cc(/C=C(/C#N)c2ccc3ccccc3c2)cc(OCC)c1OCc1ccc(Cl)cc1. The number of nitriles is 1. The molecule has 0 aliphatic carbocycles. The third kappa shape index (κ3) is 5.93. The summed E-state index contributed by atoms with van der Waals surface area (Å²) in [5, 5.41) is 12.9. The standard InChI is InChI=1S/C31H26ClNO2/c1-3-7-27-16-23(17-28(20-33)26-13-12-24-8-5-6-9-25(24)19-26)18-30(34-4-2)31(27)35-21-22-10-14-29(32)15-11-22/h3,5-6,8-19H,1,4,7,21H2,2H3/b28-17-. The van der Waals surface area contributed by atoms with Crippen LogP contribution in [0.2, 0.25) is 5.02 Å². The Morgan fingerprint density at radius 3 is 2.46 bits per heavy atom. The second kappa shape index (κ2) is 11.4. The maximum Gasteiger partial charge on any atom is 0.165 e. The van der Waals surface area contributed by atoms with Gasteiger partial charge in [-0.15, -0.1) is 6.58 Å². The van der Waals surface area contributed by atoms with Gasteiger partial charge in [-0.25, -0.2) is 0 Å². The topological polar surface area (TPSA) is 42.2 Å². The molecule has 0 aliphatic heterocycles. The van der Waals surface area contributed by atoms with Crippen LogP contribution in [-0.2, 0) is 13.0 Å². The van der Waals surface area contributed by atoms with Gasteiger partial charge in [0.1, 0.15) is 6.61 Å². The maximum absolute atomic E-state index is 9.94. The van der Waals surface area contributed by atoms with Crippen LogP contribution in [0.5, 0.6) is 11.5 Å². The molecule has 0 spiro atoms. The molecule has 0 fully saturated rings. The lowest BCUT2D eigenvalue weighted by Crippen LogP contribution is -2.03. The molecule has 4 aromatic carbocycles. The molecule has 0 bridgehead atoms. The van der Waals surface area contributed by atoms with Gasteiger partial charge in [0.15, 0.2) is 11.5 Å². The molecule has 0 aliphatic rings. The lowest BCUT2D eigenvalue weighted by molar-refractivity contribution is 0.267. The Bertz CT molecular complexity index is 1410. The van der Waals surface area contributed by atoms with Gasteiger partial charge in [0.25, 0.3) is 0 Å². The molecule has 4 aromatic rings. The predicted octanol–water partition coefficient (Wildman–Crippen LogP) is 8.26. The summed E-state index contributed by atoms with van der Waals surface area (Å²) in [6, 6.07) is 28.1. The lowest BCUT2D eigenvalue weighted by atomic mass is 9.98. The van der Waals surface area contributed by atoms with Crippen LogP contribution in [-0.4, -0.2) is 6.61 Å². The van der Waals surface area contributed by atoms with E-state index in [0.717, 1.165) is 33.0 Å². The molecule has 0 radical (unpaired) electrons. The van der Waals surface area contributed by atoms with Gasteiger partial charge in [-0.3, -0.25) is 0 Å². The first-order valence-corrected chi connectivity index (χ1v) is 11.9. The largest absolute Gasteiger partial charge is 0.490 e. The van der Waals surface area contributed by atoms with Gasteiger partial charge in [0, 0.05) is 10.6 Å². The van der Waals surface area contributed by atoms with Gasteiger partial charge in [0.2, 0.25) is 0 Å². The normalized spacial score (nSPS) is 11.2. The molecule has 0 unspecified atom stereocenters. The molecule has 35 heavy (non-hydrogen) atoms. The Kier molecular flexibility index (Phi) is 7.88. The summed E-state index contributed by atoms with van der Waals surface area (Å²) in [5.74, 6) is 1.32. The molecule has 0 atom stereocenters. The van der Waals surface area contributed by atoms with Gasteiger partial charge in [-0.1, -0.05) is 66.2 Å². The van der Waals surface area contributed by atoms with Crippen molar-refractivity contribution in [3.05, 3.63) is 119 Å². The van der Waals surface area contributed by atoms with E-state index in [4.69, 9.17) is 21.1 Å². The Hall–Kier alpha value is -4.00. The number of hydrogen-bond donors (Lipinski definition) is 0. The molecular weight excluding hydrogens is 454 g/mol. The van der Waals surface area contributed by atoms with Crippen LogP contribution in [0.25, 0.3) is 22.4 Å². The van der Waals surface area contributed by atoms with Crippen molar-refractivity contribution in [1.29, 1.82) is 5.26 Å². The molecule has 174 valence electrons. The molecule has 4 heteroatoms. The first-order valence-electron chi connectivity index (χ1n) is 11.5. The predicted molar refractivity (Wildman–Crippen MR) is 145 cm³/mol. The fourth-order valence-corrected chi connectivity index (χ4v) is 4.07. The highest BCUT2D eigenvalue weighted by atomic mass is 35.5. The second-order valence-corrected chi connectivity index (χ2v) is 8.52. The van der Waals surface area contributed by atoms with Crippen molar-refractivity contribution in [2.45, 2.75) is 20.0 Å². The van der Waals surface area contributed by atoms with Gasteiger partial charge in [-0.2, -0.15) is 5.26 Å². The summed E-state index contributed by atoms with van der Waals surface area (Å²) in [6.45, 7) is 6.72. The number of allylic oxidation sites excluding steroid dienone is 2. The van der Waals surface area contributed by atoms with Crippen LogP contribution >= 0.6 is 11.6 Å². The van der Waals surface area contributed by atoms with Crippen LogP contribution in [0.1, 0.15) is 29.2 Å². The van der Waals surface area contributed by atoms with E-state index in [-0.39, 0.29) is 0 Å². The van der Waals surface area contributed by atoms with E-state index in [1.54, 1.807) is 0 Å². The van der Waals surface area contributed by atoms with Gasteiger partial charge in [0.05, 0.1) is 18.2 Å². The average Bonchev–Trinajstić information content (AvgIpc) is 2.88. The van der Waals surface area contributed by atoms with E-state index in [1.807, 2.05) is 85.8 Å². The van der Waals surface area contributed by atoms with Crippen molar-refractivity contribution < 1.29 is 9.47 Å². The van der Waals surface area contributed by atoms with Crippen LogP contribution in [0.3, 0.4) is 0 Å². The highest BCUT2D eigenvalue weighted by molar-refractivity contribution is 6.30. The third-order valence-corrected chi connectivity index (χ3v) is 5.86. The Labute approximate surface area is 211 Å². The zero-order valence-corrected chi connectivity index (χ0v) is 20.4. The van der Waals surface area contributed by atoms with Crippen molar-refractivity contribution in [1.82, 2.24) is 0 Å². The van der Waals surface area contributed by atoms with Crippen molar-refractivity contribution in [3.63, 3.8) is 0 Å². The van der Waals surface area contributed by atoms with Gasteiger partial charge in [-0.05, 0) is 77.2 Å². The Morgan fingerprint density at radius 1 is 0.971 bits per heavy atom. The summed E-state index contributed by atoms with van der Waals surface area (Å²) in [5.41, 5.74) is 4.28. The number of rotatable bonds is 9. The zero-order valence-electron chi connectivity index (χ0n) is 19.6. The molecule has 0 saturated carbocycles. The highest BCUT2D eigenvalue weighted by Gasteiger charge is 2.14. The fraction of sp³-hybridized carbons (Fsp3) is 0.129. The number of fused-ring (bicyclic) bond motifs is 1. The number of ether oxygens (including phenoxy) is 2. The zero-order chi connectivity index (χ0) is 24.6. The van der Waals surface area contributed by atoms with E-state index in [0.29, 0.717) is 41.7 Å². The lowest BCUT2D eigenvalue weighted by Gasteiger charge is -2.17. The number of halogens is 1. The van der Waals surface area contributed by atoms with Gasteiger partial charge >= 0.3 is 0 Å². The van der Waals surface area contributed by atoms with E-state index >= 15 is 0 Å². The highest BCUT2D eigenvalue weighted by Crippen LogP contribution is 2.36. The number of benzene rings is 4. The van der Waals surface area contributed by atoms with Crippen molar-refractivity contribution in [2.24, 2.45) is 0 Å². The van der Waals surface area contributed by atoms with Crippen molar-refractivity contribution >= 4 is 34.0 Å². The summed E-state index contributed by atoms with van der Waals surface area (Å²) >= 11 is 6.01. The minimum atomic E-state index is 0.386.